The van der Waals surface area contributed by atoms with Crippen molar-refractivity contribution in [2.45, 2.75) is 44.4 Å². The van der Waals surface area contributed by atoms with E-state index >= 15 is 0 Å². The lowest BCUT2D eigenvalue weighted by molar-refractivity contribution is -0.109. The van der Waals surface area contributed by atoms with Crippen molar-refractivity contribution in [2.75, 3.05) is 25.9 Å². The molecule has 3 heterocycles. The molecule has 0 aliphatic carbocycles. The van der Waals surface area contributed by atoms with Crippen LogP contribution in [0.5, 0.6) is 0 Å². The normalized spacial score (nSPS) is 16.0. The van der Waals surface area contributed by atoms with E-state index in [0.717, 1.165) is 67.7 Å². The number of nitrogens with one attached hydrogen (secondary N) is 1. The highest BCUT2D eigenvalue weighted by Crippen LogP contribution is 2.31. The number of unbranched alkanes of at least 4 members (excludes halogenated alkanes) is 2. The largest absolute Gasteiger partial charge is 0.359 e. The molecule has 1 amide bonds. The maximum absolute atomic E-state index is 11.7. The molecule has 1 saturated heterocycles. The van der Waals surface area contributed by atoms with E-state index in [1.165, 1.54) is 11.8 Å². The van der Waals surface area contributed by atoms with Crippen molar-refractivity contribution in [3.05, 3.63) is 35.1 Å². The zero-order valence-corrected chi connectivity index (χ0v) is 18.3. The Labute approximate surface area is 176 Å². The number of amides is 1. The second-order valence-electron chi connectivity index (χ2n) is 7.47. The Balaban J connectivity index is 1.56. The number of hydrogen-bond donors (Lipinski definition) is 1. The quantitative estimate of drug-likeness (QED) is 0.457. The first kappa shape index (κ1) is 21.9. The number of carbonyl (C=O) groups excluding carboxylic acids is 1. The molecule has 1 fully saturated rings. The summed E-state index contributed by atoms with van der Waals surface area (Å²) in [6.45, 7) is 1.83. The van der Waals surface area contributed by atoms with Crippen LogP contribution in [0.15, 0.2) is 23.8 Å². The highest BCUT2D eigenvalue weighted by molar-refractivity contribution is 7.88. The fourth-order valence-electron chi connectivity index (χ4n) is 3.61. The van der Waals surface area contributed by atoms with Gasteiger partial charge in [0.2, 0.25) is 16.4 Å². The number of rotatable bonds is 10. The summed E-state index contributed by atoms with van der Waals surface area (Å²) in [6.07, 6.45) is 11.4. The minimum absolute atomic E-state index is 0.250. The monoisotopic (exact) mass is 436 g/mol. The van der Waals surface area contributed by atoms with Crippen molar-refractivity contribution < 1.29 is 13.2 Å². The molecule has 1 aliphatic rings. The third kappa shape index (κ3) is 6.32. The molecule has 2 aromatic heterocycles. The molecule has 9 heteroatoms. The number of piperidine rings is 1. The summed E-state index contributed by atoms with van der Waals surface area (Å²) in [5.41, 5.74) is 3.15. The van der Waals surface area contributed by atoms with E-state index in [9.17, 15) is 13.2 Å². The highest BCUT2D eigenvalue weighted by Gasteiger charge is 2.26. The molecule has 0 saturated carbocycles. The first-order valence-corrected chi connectivity index (χ1v) is 12.7. The van der Waals surface area contributed by atoms with E-state index in [4.69, 9.17) is 4.98 Å². The summed E-state index contributed by atoms with van der Waals surface area (Å²) in [5, 5.41) is 4.87. The van der Waals surface area contributed by atoms with Crippen LogP contribution in [-0.2, 0) is 21.2 Å². The van der Waals surface area contributed by atoms with Crippen LogP contribution in [0.4, 0.5) is 0 Å². The van der Waals surface area contributed by atoms with Gasteiger partial charge in [-0.05, 0) is 49.1 Å². The van der Waals surface area contributed by atoms with E-state index in [1.807, 2.05) is 6.20 Å². The minimum Gasteiger partial charge on any atom is -0.359 e. The molecule has 3 rings (SSSR count). The average molecular weight is 437 g/mol. The Morgan fingerprint density at radius 3 is 2.76 bits per heavy atom. The van der Waals surface area contributed by atoms with Gasteiger partial charge in [0, 0.05) is 31.7 Å². The zero-order chi connectivity index (χ0) is 20.7. The maximum atomic E-state index is 11.7. The summed E-state index contributed by atoms with van der Waals surface area (Å²) >= 11 is 1.68. The summed E-state index contributed by atoms with van der Waals surface area (Å²) in [4.78, 5) is 20.6. The van der Waals surface area contributed by atoms with Gasteiger partial charge in [-0.25, -0.2) is 17.7 Å². The lowest BCUT2D eigenvalue weighted by atomic mass is 9.95. The van der Waals surface area contributed by atoms with Crippen LogP contribution in [-0.4, -0.2) is 55.0 Å². The number of aryl methyl sites for hydroxylation is 1. The van der Waals surface area contributed by atoms with Crippen LogP contribution < -0.4 is 5.32 Å². The fourth-order valence-corrected chi connectivity index (χ4v) is 5.39. The topological polar surface area (TPSA) is 92.3 Å². The van der Waals surface area contributed by atoms with Crippen molar-refractivity contribution in [1.82, 2.24) is 19.6 Å². The predicted molar refractivity (Wildman–Crippen MR) is 115 cm³/mol. The molecular formula is C20H28N4O3S2. The second kappa shape index (κ2) is 10.3. The second-order valence-corrected chi connectivity index (χ2v) is 10.4. The van der Waals surface area contributed by atoms with Crippen LogP contribution in [0, 0.1) is 0 Å². The molecule has 0 unspecified atom stereocenters. The van der Waals surface area contributed by atoms with Crippen LogP contribution in [0.2, 0.25) is 0 Å². The average Bonchev–Trinajstić information content (AvgIpc) is 3.19. The van der Waals surface area contributed by atoms with Gasteiger partial charge in [-0.2, -0.15) is 0 Å². The molecule has 0 aromatic carbocycles. The van der Waals surface area contributed by atoms with Crippen LogP contribution in [0.25, 0.3) is 10.6 Å². The molecule has 0 radical (unpaired) electrons. The van der Waals surface area contributed by atoms with Crippen molar-refractivity contribution in [2.24, 2.45) is 0 Å². The Kier molecular flexibility index (Phi) is 7.74. The minimum atomic E-state index is -3.11. The Bertz CT molecular complexity index is 906. The van der Waals surface area contributed by atoms with Gasteiger partial charge in [0.15, 0.2) is 0 Å². The number of aromatic nitrogens is 2. The first-order valence-electron chi connectivity index (χ1n) is 9.99. The highest BCUT2D eigenvalue weighted by atomic mass is 32.2. The van der Waals surface area contributed by atoms with Crippen LogP contribution >= 0.6 is 11.3 Å². The van der Waals surface area contributed by atoms with Crippen LogP contribution in [0.3, 0.4) is 0 Å². The Morgan fingerprint density at radius 2 is 2.03 bits per heavy atom. The van der Waals surface area contributed by atoms with Crippen LogP contribution in [0.1, 0.15) is 49.3 Å². The SMILES string of the molecule is CS(=O)(=O)N1CCC(c2cncc(-c3cc(CCCCCNC=O)cs3)n2)CC1. The predicted octanol–water partition coefficient (Wildman–Crippen LogP) is 2.80. The van der Waals surface area contributed by atoms with Gasteiger partial charge in [0.1, 0.15) is 0 Å². The van der Waals surface area contributed by atoms with E-state index < -0.39 is 10.0 Å². The molecule has 0 bridgehead atoms. The maximum Gasteiger partial charge on any atom is 0.211 e. The Morgan fingerprint density at radius 1 is 1.24 bits per heavy atom. The van der Waals surface area contributed by atoms with Crippen molar-refractivity contribution in [3.8, 4) is 10.6 Å². The van der Waals surface area contributed by atoms with Gasteiger partial charge in [-0.15, -0.1) is 11.3 Å². The standard InChI is InChI=1S/C20H28N4O3S2/c1-29(26,27)24-9-6-17(7-10-24)18-12-22-13-19(23-18)20-11-16(14-28-20)5-3-2-4-8-21-15-25/h11-15,17H,2-10H2,1H3,(H,21,25). The summed E-state index contributed by atoms with van der Waals surface area (Å²) in [7, 11) is -3.11. The van der Waals surface area contributed by atoms with Gasteiger partial charge in [-0.3, -0.25) is 9.78 Å². The third-order valence-electron chi connectivity index (χ3n) is 5.27. The van der Waals surface area contributed by atoms with Gasteiger partial charge in [0.25, 0.3) is 0 Å². The number of sulfonamides is 1. The van der Waals surface area contributed by atoms with E-state index in [1.54, 1.807) is 21.8 Å². The molecule has 1 aliphatic heterocycles. The molecule has 7 nitrogen and oxygen atoms in total. The van der Waals surface area contributed by atoms with Gasteiger partial charge in [-0.1, -0.05) is 6.42 Å². The van der Waals surface area contributed by atoms with E-state index in [0.29, 0.717) is 13.1 Å². The van der Waals surface area contributed by atoms with E-state index in [-0.39, 0.29) is 5.92 Å². The summed E-state index contributed by atoms with van der Waals surface area (Å²) in [5.74, 6) is 0.250. The first-order chi connectivity index (χ1) is 14.0. The molecule has 0 spiro atoms. The third-order valence-corrected chi connectivity index (χ3v) is 7.58. The molecule has 29 heavy (non-hydrogen) atoms. The van der Waals surface area contributed by atoms with Crippen molar-refractivity contribution in [1.29, 1.82) is 0 Å². The molecule has 1 N–H and O–H groups in total. The zero-order valence-electron chi connectivity index (χ0n) is 16.7. The summed E-state index contributed by atoms with van der Waals surface area (Å²) < 4.78 is 24.9. The van der Waals surface area contributed by atoms with Gasteiger partial charge >= 0.3 is 0 Å². The lowest BCUT2D eigenvalue weighted by Crippen LogP contribution is -2.37. The lowest BCUT2D eigenvalue weighted by Gasteiger charge is -2.29. The number of carbonyl (C=O) groups is 1. The van der Waals surface area contributed by atoms with E-state index in [2.05, 4.69) is 21.7 Å². The van der Waals surface area contributed by atoms with Crippen molar-refractivity contribution in [3.63, 3.8) is 0 Å². The molecule has 158 valence electrons. The van der Waals surface area contributed by atoms with Gasteiger partial charge in [0.05, 0.1) is 28.7 Å². The number of thiophene rings is 1. The summed E-state index contributed by atoms with van der Waals surface area (Å²) in [6, 6.07) is 2.19. The molecule has 0 atom stereocenters. The number of hydrogen-bond acceptors (Lipinski definition) is 6. The van der Waals surface area contributed by atoms with Crippen molar-refractivity contribution >= 4 is 27.8 Å². The smallest absolute Gasteiger partial charge is 0.211 e. The Hall–Kier alpha value is -1.84. The molecule has 2 aromatic rings. The van der Waals surface area contributed by atoms with Gasteiger partial charge < -0.3 is 5.32 Å². The fraction of sp³-hybridized carbons (Fsp3) is 0.550. The molecular weight excluding hydrogens is 408 g/mol. The number of nitrogens with zero attached hydrogens (tertiary/aromatic N) is 3.